The molecule has 0 spiro atoms. The van der Waals surface area contributed by atoms with Crippen molar-refractivity contribution in [2.45, 2.75) is 12.8 Å². The first kappa shape index (κ1) is 8.48. The van der Waals surface area contributed by atoms with Crippen LogP contribution in [0.5, 0.6) is 0 Å². The zero-order valence-corrected chi connectivity index (χ0v) is 8.40. The summed E-state index contributed by atoms with van der Waals surface area (Å²) in [4.78, 5) is 4.20. The number of nitrogens with two attached hydrogens (primary N) is 1. The van der Waals surface area contributed by atoms with Crippen LogP contribution in [0.15, 0.2) is 35.3 Å². The van der Waals surface area contributed by atoms with Crippen molar-refractivity contribution in [1.29, 1.82) is 0 Å². The first-order chi connectivity index (χ1) is 7.40. The van der Waals surface area contributed by atoms with Crippen molar-refractivity contribution in [3.05, 3.63) is 41.5 Å². The summed E-state index contributed by atoms with van der Waals surface area (Å²) in [5.41, 5.74) is 9.21. The molecule has 0 fully saturated rings. The van der Waals surface area contributed by atoms with Crippen LogP contribution < -0.4 is 5.73 Å². The lowest BCUT2D eigenvalue weighted by Crippen LogP contribution is -1.87. The van der Waals surface area contributed by atoms with Crippen molar-refractivity contribution in [2.75, 3.05) is 0 Å². The van der Waals surface area contributed by atoms with Gasteiger partial charge in [0.2, 0.25) is 0 Å². The first-order valence-corrected chi connectivity index (χ1v) is 5.18. The van der Waals surface area contributed by atoms with Crippen LogP contribution >= 0.6 is 0 Å². The van der Waals surface area contributed by atoms with Gasteiger partial charge >= 0.3 is 0 Å². The Morgan fingerprint density at radius 1 is 1.07 bits per heavy atom. The van der Waals surface area contributed by atoms with Gasteiger partial charge in [-0.15, -0.1) is 0 Å². The number of nitrogens with zero attached hydrogens (tertiary/aromatic N) is 1. The molecular formula is C13H12N2. The van der Waals surface area contributed by atoms with Crippen LogP contribution in [0, 0.1) is 0 Å². The van der Waals surface area contributed by atoms with Crippen LogP contribution in [-0.2, 0) is 12.8 Å². The smallest absolute Gasteiger partial charge is 0.0860 e. The van der Waals surface area contributed by atoms with Crippen LogP contribution in [0.4, 0.5) is 5.69 Å². The minimum Gasteiger partial charge on any atom is -0.390 e. The Morgan fingerprint density at radius 2 is 1.87 bits per heavy atom. The van der Waals surface area contributed by atoms with Gasteiger partial charge in [-0.05, 0) is 35.4 Å². The van der Waals surface area contributed by atoms with E-state index in [2.05, 4.69) is 35.3 Å². The van der Waals surface area contributed by atoms with Gasteiger partial charge in [-0.3, -0.25) is 0 Å². The monoisotopic (exact) mass is 196 g/mol. The van der Waals surface area contributed by atoms with Crippen LogP contribution in [0.2, 0.25) is 0 Å². The summed E-state index contributed by atoms with van der Waals surface area (Å²) in [5.74, 6) is 0. The SMILES string of the molecule is NC=Nc1ccc2c3c(cccc13)CC2. The van der Waals surface area contributed by atoms with Gasteiger partial charge in [-0.2, -0.15) is 0 Å². The van der Waals surface area contributed by atoms with Gasteiger partial charge in [0.25, 0.3) is 0 Å². The van der Waals surface area contributed by atoms with Gasteiger partial charge in [0.1, 0.15) is 0 Å². The fraction of sp³-hybridized carbons (Fsp3) is 0.154. The number of hydrogen-bond acceptors (Lipinski definition) is 1. The van der Waals surface area contributed by atoms with E-state index in [0.717, 1.165) is 18.5 Å². The molecule has 1 aliphatic rings. The molecule has 0 aliphatic heterocycles. The Morgan fingerprint density at radius 3 is 2.67 bits per heavy atom. The Labute approximate surface area is 88.4 Å². The molecule has 2 N–H and O–H groups in total. The van der Waals surface area contributed by atoms with Crippen molar-refractivity contribution < 1.29 is 0 Å². The predicted molar refractivity (Wildman–Crippen MR) is 63.7 cm³/mol. The number of rotatable bonds is 1. The van der Waals surface area contributed by atoms with Crippen molar-refractivity contribution >= 4 is 22.8 Å². The highest BCUT2D eigenvalue weighted by Gasteiger charge is 2.14. The highest BCUT2D eigenvalue weighted by molar-refractivity contribution is 5.99. The van der Waals surface area contributed by atoms with Crippen LogP contribution in [0.3, 0.4) is 0 Å². The summed E-state index contributed by atoms with van der Waals surface area (Å²) in [6.45, 7) is 0. The Kier molecular flexibility index (Phi) is 1.75. The van der Waals surface area contributed by atoms with E-state index in [1.807, 2.05) is 0 Å². The molecule has 1 aliphatic carbocycles. The van der Waals surface area contributed by atoms with Crippen LogP contribution in [0.1, 0.15) is 11.1 Å². The first-order valence-electron chi connectivity index (χ1n) is 5.18. The Bertz CT molecular complexity index is 545. The van der Waals surface area contributed by atoms with E-state index in [-0.39, 0.29) is 0 Å². The van der Waals surface area contributed by atoms with Crippen LogP contribution in [-0.4, -0.2) is 6.34 Å². The summed E-state index contributed by atoms with van der Waals surface area (Å²) in [5, 5.41) is 2.62. The molecule has 15 heavy (non-hydrogen) atoms. The molecule has 2 nitrogen and oxygen atoms in total. The molecule has 0 amide bonds. The third kappa shape index (κ3) is 1.14. The highest BCUT2D eigenvalue weighted by Crippen LogP contribution is 2.35. The van der Waals surface area contributed by atoms with Gasteiger partial charge in [0.15, 0.2) is 0 Å². The summed E-state index contributed by atoms with van der Waals surface area (Å²) in [7, 11) is 0. The molecule has 2 aromatic carbocycles. The lowest BCUT2D eigenvalue weighted by atomic mass is 10.0. The molecule has 74 valence electrons. The van der Waals surface area contributed by atoms with Gasteiger partial charge in [-0.25, -0.2) is 4.99 Å². The second kappa shape index (κ2) is 3.09. The van der Waals surface area contributed by atoms with Gasteiger partial charge in [-0.1, -0.05) is 24.3 Å². The van der Waals surface area contributed by atoms with Crippen LogP contribution in [0.25, 0.3) is 10.8 Å². The molecular weight excluding hydrogens is 184 g/mol. The standard InChI is InChI=1S/C13H12N2/c14-8-15-12-7-6-10-5-4-9-2-1-3-11(12)13(9)10/h1-3,6-8H,4-5H2,(H2,14,15). The molecule has 0 bridgehead atoms. The van der Waals surface area contributed by atoms with Gasteiger partial charge < -0.3 is 5.73 Å². The summed E-state index contributed by atoms with van der Waals surface area (Å²) in [6, 6.07) is 10.6. The maximum atomic E-state index is 5.35. The minimum atomic E-state index is 0.972. The molecule has 0 radical (unpaired) electrons. The molecule has 0 saturated carbocycles. The zero-order chi connectivity index (χ0) is 10.3. The second-order valence-corrected chi connectivity index (χ2v) is 3.86. The molecule has 2 aromatic rings. The quantitative estimate of drug-likeness (QED) is 0.552. The molecule has 0 aromatic heterocycles. The van der Waals surface area contributed by atoms with Crippen molar-refractivity contribution in [1.82, 2.24) is 0 Å². The maximum Gasteiger partial charge on any atom is 0.0860 e. The van der Waals surface area contributed by atoms with E-state index in [1.54, 1.807) is 0 Å². The molecule has 2 heteroatoms. The number of hydrogen-bond donors (Lipinski definition) is 1. The average molecular weight is 196 g/mol. The summed E-state index contributed by atoms with van der Waals surface area (Å²) in [6.07, 6.45) is 3.67. The topological polar surface area (TPSA) is 38.4 Å². The van der Waals surface area contributed by atoms with E-state index in [4.69, 9.17) is 5.73 Å². The van der Waals surface area contributed by atoms with Crippen molar-refractivity contribution in [3.8, 4) is 0 Å². The average Bonchev–Trinajstić information content (AvgIpc) is 2.68. The lowest BCUT2D eigenvalue weighted by molar-refractivity contribution is 1.02. The summed E-state index contributed by atoms with van der Waals surface area (Å²) < 4.78 is 0. The lowest BCUT2D eigenvalue weighted by Gasteiger charge is -2.04. The van der Waals surface area contributed by atoms with E-state index in [9.17, 15) is 0 Å². The number of aliphatic imine (C=N–C) groups is 1. The normalized spacial score (nSPS) is 14.1. The number of benzene rings is 2. The summed E-state index contributed by atoms with van der Waals surface area (Å²) >= 11 is 0. The Hall–Kier alpha value is -1.83. The molecule has 0 saturated heterocycles. The zero-order valence-electron chi connectivity index (χ0n) is 8.40. The van der Waals surface area contributed by atoms with Gasteiger partial charge in [0, 0.05) is 5.39 Å². The van der Waals surface area contributed by atoms with E-state index in [1.165, 1.54) is 28.2 Å². The molecule has 0 unspecified atom stereocenters. The Balaban J connectivity index is 2.43. The van der Waals surface area contributed by atoms with E-state index < -0.39 is 0 Å². The maximum absolute atomic E-state index is 5.35. The second-order valence-electron chi connectivity index (χ2n) is 3.86. The molecule has 3 rings (SSSR count). The fourth-order valence-electron chi connectivity index (χ4n) is 2.42. The number of aryl methyl sites for hydroxylation is 2. The van der Waals surface area contributed by atoms with Crippen molar-refractivity contribution in [2.24, 2.45) is 10.7 Å². The minimum absolute atomic E-state index is 0.972. The molecule has 0 atom stereocenters. The molecule has 0 heterocycles. The largest absolute Gasteiger partial charge is 0.390 e. The van der Waals surface area contributed by atoms with Crippen molar-refractivity contribution in [3.63, 3.8) is 0 Å². The fourth-order valence-corrected chi connectivity index (χ4v) is 2.42. The third-order valence-electron chi connectivity index (χ3n) is 3.07. The van der Waals surface area contributed by atoms with E-state index in [0.29, 0.717) is 0 Å². The van der Waals surface area contributed by atoms with E-state index >= 15 is 0 Å². The predicted octanol–water partition coefficient (Wildman–Crippen LogP) is 2.56. The highest BCUT2D eigenvalue weighted by atomic mass is 14.8. The third-order valence-corrected chi connectivity index (χ3v) is 3.07. The van der Waals surface area contributed by atoms with Gasteiger partial charge in [0.05, 0.1) is 12.0 Å².